The lowest BCUT2D eigenvalue weighted by atomic mass is 10.1. The normalized spacial score (nSPS) is 11.4. The first-order valence-corrected chi connectivity index (χ1v) is 14.1. The number of sulfonamides is 1. The Labute approximate surface area is 244 Å². The molecular weight excluding hydrogens is 601 g/mol. The van der Waals surface area contributed by atoms with Gasteiger partial charge in [-0.05, 0) is 77.4 Å². The first kappa shape index (κ1) is 30.1. The van der Waals surface area contributed by atoms with Gasteiger partial charge in [0, 0.05) is 24.7 Å². The lowest BCUT2D eigenvalue weighted by molar-refractivity contribution is 0.194. The van der Waals surface area contributed by atoms with E-state index in [9.17, 15) is 27.1 Å². The van der Waals surface area contributed by atoms with Crippen molar-refractivity contribution in [3.8, 4) is 17.2 Å². The average molecular weight is 623 g/mol. The highest BCUT2D eigenvalue weighted by Crippen LogP contribution is 2.37. The van der Waals surface area contributed by atoms with Crippen molar-refractivity contribution in [2.75, 3.05) is 0 Å². The summed E-state index contributed by atoms with van der Waals surface area (Å²) in [6, 6.07) is 17.3. The maximum absolute atomic E-state index is 13.9. The van der Waals surface area contributed by atoms with Crippen LogP contribution in [0.25, 0.3) is 0 Å². The second kappa shape index (κ2) is 12.7. The Morgan fingerprint density at radius 2 is 1.41 bits per heavy atom. The summed E-state index contributed by atoms with van der Waals surface area (Å²) in [6.07, 6.45) is -1.27. The molecular formula is C28H22Cl2F2N2O6S. The van der Waals surface area contributed by atoms with E-state index in [0.717, 1.165) is 10.4 Å². The summed E-state index contributed by atoms with van der Waals surface area (Å²) in [5, 5.41) is 21.5. The molecule has 0 bridgehead atoms. The van der Waals surface area contributed by atoms with Gasteiger partial charge in [0.1, 0.15) is 28.0 Å². The van der Waals surface area contributed by atoms with E-state index in [1.807, 2.05) is 0 Å². The van der Waals surface area contributed by atoms with Gasteiger partial charge in [0.25, 0.3) is 0 Å². The molecule has 0 fully saturated rings. The number of hydrogen-bond acceptors (Lipinski definition) is 5. The highest BCUT2D eigenvalue weighted by atomic mass is 35.5. The monoisotopic (exact) mass is 622 g/mol. The summed E-state index contributed by atoms with van der Waals surface area (Å²) in [5.41, 5.74) is 1.26. The van der Waals surface area contributed by atoms with Crippen LogP contribution in [0.2, 0.25) is 10.0 Å². The summed E-state index contributed by atoms with van der Waals surface area (Å²) in [7, 11) is -4.47. The summed E-state index contributed by atoms with van der Waals surface area (Å²) >= 11 is 12.0. The van der Waals surface area contributed by atoms with Crippen molar-refractivity contribution in [2.45, 2.75) is 24.5 Å². The summed E-state index contributed by atoms with van der Waals surface area (Å²) in [4.78, 5) is 10.6. The number of ether oxygens (including phenoxy) is 1. The number of carbonyl (C=O) groups is 1. The van der Waals surface area contributed by atoms with Gasteiger partial charge in [-0.15, -0.1) is 0 Å². The molecule has 41 heavy (non-hydrogen) atoms. The van der Waals surface area contributed by atoms with Crippen LogP contribution in [0.4, 0.5) is 13.6 Å². The van der Waals surface area contributed by atoms with Gasteiger partial charge in [-0.2, -0.15) is 4.31 Å². The molecule has 0 atom stereocenters. The molecule has 0 saturated carbocycles. The molecule has 3 N–H and O–H groups in total. The zero-order valence-electron chi connectivity index (χ0n) is 21.0. The van der Waals surface area contributed by atoms with Crippen LogP contribution in [0.3, 0.4) is 0 Å². The molecule has 0 spiro atoms. The molecule has 0 aromatic heterocycles. The molecule has 0 unspecified atom stereocenters. The molecule has 0 aliphatic heterocycles. The molecule has 0 aliphatic carbocycles. The number of carboxylic acid groups (broad SMARTS) is 1. The Kier molecular flexibility index (Phi) is 9.34. The number of halogens is 4. The van der Waals surface area contributed by atoms with Crippen LogP contribution in [-0.4, -0.2) is 29.0 Å². The Morgan fingerprint density at radius 1 is 0.829 bits per heavy atom. The molecule has 13 heteroatoms. The van der Waals surface area contributed by atoms with Crippen molar-refractivity contribution in [1.82, 2.24) is 9.62 Å². The van der Waals surface area contributed by atoms with E-state index in [-0.39, 0.29) is 41.2 Å². The Morgan fingerprint density at radius 3 is 2.05 bits per heavy atom. The standard InChI is InChI=1S/C28H22Cl2F2N2O6S/c29-20-12-25(30)27(35)26(13-20)41(38,39)34(15-17-1-3-21(31)4-2-17)16-19-9-18(14-33-28(36)37)10-24(11-19)40-23-7-5-22(32)6-8-23/h1-13,33,35H,14-16H2,(H,36,37). The Balaban J connectivity index is 1.77. The van der Waals surface area contributed by atoms with Crippen LogP contribution in [0.5, 0.6) is 17.2 Å². The van der Waals surface area contributed by atoms with Crippen LogP contribution in [0.15, 0.2) is 83.8 Å². The number of aromatic hydroxyl groups is 1. The van der Waals surface area contributed by atoms with Crippen molar-refractivity contribution in [2.24, 2.45) is 0 Å². The molecule has 0 heterocycles. The number of hydrogen-bond donors (Lipinski definition) is 3. The fraction of sp³-hybridized carbons (Fsp3) is 0.107. The lowest BCUT2D eigenvalue weighted by Gasteiger charge is -2.24. The highest BCUT2D eigenvalue weighted by molar-refractivity contribution is 7.89. The summed E-state index contributed by atoms with van der Waals surface area (Å²) in [5.74, 6) is -1.16. The quantitative estimate of drug-likeness (QED) is 0.177. The first-order chi connectivity index (χ1) is 19.4. The van der Waals surface area contributed by atoms with E-state index in [1.165, 1.54) is 60.7 Å². The number of amides is 1. The summed E-state index contributed by atoms with van der Waals surface area (Å²) in [6.45, 7) is -0.653. The van der Waals surface area contributed by atoms with Gasteiger partial charge in [-0.25, -0.2) is 22.0 Å². The number of benzene rings is 4. The van der Waals surface area contributed by atoms with Crippen molar-refractivity contribution >= 4 is 39.3 Å². The number of phenolic OH excluding ortho intramolecular Hbond substituents is 1. The van der Waals surface area contributed by atoms with E-state index in [0.29, 0.717) is 16.7 Å². The fourth-order valence-electron chi connectivity index (χ4n) is 3.90. The third kappa shape index (κ3) is 7.86. The molecule has 0 saturated heterocycles. The van der Waals surface area contributed by atoms with E-state index < -0.39 is 38.4 Å². The fourth-order valence-corrected chi connectivity index (χ4v) is 6.06. The van der Waals surface area contributed by atoms with E-state index in [2.05, 4.69) is 5.32 Å². The second-order valence-corrected chi connectivity index (χ2v) is 11.6. The minimum Gasteiger partial charge on any atom is -0.505 e. The number of nitrogens with zero attached hydrogens (tertiary/aromatic N) is 1. The van der Waals surface area contributed by atoms with Crippen molar-refractivity contribution in [3.63, 3.8) is 0 Å². The molecule has 214 valence electrons. The molecule has 4 aromatic carbocycles. The maximum atomic E-state index is 13.9. The first-order valence-electron chi connectivity index (χ1n) is 11.9. The van der Waals surface area contributed by atoms with E-state index in [1.54, 1.807) is 12.1 Å². The smallest absolute Gasteiger partial charge is 0.404 e. The number of rotatable bonds is 10. The lowest BCUT2D eigenvalue weighted by Crippen LogP contribution is -2.30. The van der Waals surface area contributed by atoms with Crippen LogP contribution >= 0.6 is 23.2 Å². The predicted octanol–water partition coefficient (Wildman–Crippen LogP) is 6.93. The van der Waals surface area contributed by atoms with Gasteiger partial charge in [-0.3, -0.25) is 0 Å². The Hall–Kier alpha value is -3.90. The average Bonchev–Trinajstić information content (AvgIpc) is 2.91. The third-order valence-electron chi connectivity index (χ3n) is 5.76. The third-order valence-corrected chi connectivity index (χ3v) is 8.07. The Bertz CT molecular complexity index is 1670. The minimum absolute atomic E-state index is 0.0233. The van der Waals surface area contributed by atoms with E-state index in [4.69, 9.17) is 33.0 Å². The van der Waals surface area contributed by atoms with Crippen LogP contribution < -0.4 is 10.1 Å². The van der Waals surface area contributed by atoms with Gasteiger partial charge < -0.3 is 20.3 Å². The maximum Gasteiger partial charge on any atom is 0.404 e. The zero-order valence-corrected chi connectivity index (χ0v) is 23.3. The number of phenols is 1. The van der Waals surface area contributed by atoms with E-state index >= 15 is 0 Å². The highest BCUT2D eigenvalue weighted by Gasteiger charge is 2.30. The van der Waals surface area contributed by atoms with Gasteiger partial charge >= 0.3 is 6.09 Å². The molecule has 4 aromatic rings. The molecule has 8 nitrogen and oxygen atoms in total. The zero-order chi connectivity index (χ0) is 29.7. The second-order valence-electron chi connectivity index (χ2n) is 8.83. The molecule has 4 rings (SSSR count). The van der Waals surface area contributed by atoms with Gasteiger partial charge in [0.15, 0.2) is 5.75 Å². The summed E-state index contributed by atoms with van der Waals surface area (Å²) < 4.78 is 61.5. The largest absolute Gasteiger partial charge is 0.505 e. The van der Waals surface area contributed by atoms with Crippen molar-refractivity contribution < 1.29 is 36.9 Å². The van der Waals surface area contributed by atoms with Crippen molar-refractivity contribution in [3.05, 3.63) is 117 Å². The molecule has 0 radical (unpaired) electrons. The van der Waals surface area contributed by atoms with Gasteiger partial charge in [-0.1, -0.05) is 41.4 Å². The van der Waals surface area contributed by atoms with Crippen LogP contribution in [-0.2, 0) is 29.7 Å². The SMILES string of the molecule is O=C(O)NCc1cc(CN(Cc2ccc(F)cc2)S(=O)(=O)c2cc(Cl)cc(Cl)c2O)cc(Oc2ccc(F)cc2)c1. The van der Waals surface area contributed by atoms with Crippen LogP contribution in [0.1, 0.15) is 16.7 Å². The van der Waals surface area contributed by atoms with Crippen molar-refractivity contribution in [1.29, 1.82) is 0 Å². The molecule has 1 amide bonds. The topological polar surface area (TPSA) is 116 Å². The predicted molar refractivity (Wildman–Crippen MR) is 149 cm³/mol. The van der Waals surface area contributed by atoms with Crippen LogP contribution in [0, 0.1) is 11.6 Å². The molecule has 0 aliphatic rings. The van der Waals surface area contributed by atoms with Gasteiger partial charge in [0.2, 0.25) is 10.0 Å². The minimum atomic E-state index is -4.47. The van der Waals surface area contributed by atoms with Gasteiger partial charge in [0.05, 0.1) is 5.02 Å². The number of nitrogens with one attached hydrogen (secondary N) is 1.